The summed E-state index contributed by atoms with van der Waals surface area (Å²) in [6, 6.07) is 0. The van der Waals surface area contributed by atoms with Crippen LogP contribution in [0.25, 0.3) is 0 Å². The lowest BCUT2D eigenvalue weighted by Crippen LogP contribution is -2.57. The van der Waals surface area contributed by atoms with Gasteiger partial charge in [-0.05, 0) is 19.5 Å². The third kappa shape index (κ3) is 8.03. The van der Waals surface area contributed by atoms with Gasteiger partial charge >= 0.3 is 0 Å². The minimum Gasteiger partial charge on any atom is -0.394 e. The molecule has 0 bridgehead atoms. The van der Waals surface area contributed by atoms with Crippen molar-refractivity contribution in [2.24, 2.45) is 0 Å². The molecule has 0 aliphatic carbocycles. The van der Waals surface area contributed by atoms with Gasteiger partial charge in [0.15, 0.2) is 0 Å². The summed E-state index contributed by atoms with van der Waals surface area (Å²) in [7, 11) is 0. The third-order valence-corrected chi connectivity index (χ3v) is 3.17. The fourth-order valence-electron chi connectivity index (χ4n) is 1.43. The highest BCUT2D eigenvalue weighted by molar-refractivity contribution is 4.88. The van der Waals surface area contributed by atoms with Crippen LogP contribution >= 0.6 is 0 Å². The predicted molar refractivity (Wildman–Crippen MR) is 79.9 cm³/mol. The Morgan fingerprint density at radius 1 is 0.571 bits per heavy atom. The second-order valence-corrected chi connectivity index (χ2v) is 4.72. The molecule has 0 spiro atoms. The van der Waals surface area contributed by atoms with Crippen LogP contribution < -0.4 is 10.6 Å². The quantitative estimate of drug-likeness (QED) is 0.178. The van der Waals surface area contributed by atoms with Crippen LogP contribution in [0.1, 0.15) is 20.3 Å². The van der Waals surface area contributed by atoms with Crippen molar-refractivity contribution in [3.63, 3.8) is 0 Å². The fourth-order valence-corrected chi connectivity index (χ4v) is 1.43. The largest absolute Gasteiger partial charge is 0.394 e. The average molecular weight is 312 g/mol. The molecule has 0 radical (unpaired) electrons. The van der Waals surface area contributed by atoms with Crippen molar-refractivity contribution in [3.05, 3.63) is 0 Å². The van der Waals surface area contributed by atoms with Crippen molar-refractivity contribution in [3.8, 4) is 0 Å². The minimum absolute atomic E-state index is 0.388. The molecule has 8 N–H and O–H groups in total. The molecular weight excluding hydrogens is 280 g/mol. The van der Waals surface area contributed by atoms with Crippen molar-refractivity contribution in [2.75, 3.05) is 52.7 Å². The summed E-state index contributed by atoms with van der Waals surface area (Å²) in [6.07, 6.45) is 0.559. The Labute approximate surface area is 126 Å². The maximum atomic E-state index is 9.08. The molecule has 0 aliphatic heterocycles. The summed E-state index contributed by atoms with van der Waals surface area (Å²) in [6.45, 7) is 2.49. The topological polar surface area (TPSA) is 145 Å². The number of hydrogen-bond donors (Lipinski definition) is 8. The number of rotatable bonds is 12. The van der Waals surface area contributed by atoms with Crippen LogP contribution in [0, 0.1) is 0 Å². The van der Waals surface area contributed by atoms with Crippen LogP contribution in [0.3, 0.4) is 0 Å². The van der Waals surface area contributed by atoms with Crippen LogP contribution in [0.5, 0.6) is 0 Å². The molecule has 21 heavy (non-hydrogen) atoms. The summed E-state index contributed by atoms with van der Waals surface area (Å²) in [5.74, 6) is 0. The maximum Gasteiger partial charge on any atom is 0.0881 e. The van der Waals surface area contributed by atoms with Gasteiger partial charge in [-0.3, -0.25) is 0 Å². The SMILES string of the molecule is CC.OCC(CO)(CO)NCCCNC(CO)(CO)CO. The molecule has 0 aromatic carbocycles. The number of hydrogen-bond acceptors (Lipinski definition) is 8. The van der Waals surface area contributed by atoms with Crippen LogP contribution in [0.2, 0.25) is 0 Å². The normalized spacial score (nSPS) is 12.0. The van der Waals surface area contributed by atoms with Crippen LogP contribution in [0.15, 0.2) is 0 Å². The molecule has 0 atom stereocenters. The summed E-state index contributed by atoms with van der Waals surface area (Å²) in [5.41, 5.74) is -2.22. The Balaban J connectivity index is 0. The van der Waals surface area contributed by atoms with E-state index in [1.54, 1.807) is 0 Å². The molecule has 130 valence electrons. The van der Waals surface area contributed by atoms with Gasteiger partial charge in [0.1, 0.15) is 0 Å². The van der Waals surface area contributed by atoms with E-state index in [9.17, 15) is 0 Å². The van der Waals surface area contributed by atoms with Gasteiger partial charge in [0, 0.05) is 0 Å². The molecule has 0 aromatic rings. The second-order valence-electron chi connectivity index (χ2n) is 4.72. The molecule has 0 saturated carbocycles. The van der Waals surface area contributed by atoms with Gasteiger partial charge in [0.05, 0.1) is 50.7 Å². The monoisotopic (exact) mass is 312 g/mol. The van der Waals surface area contributed by atoms with Gasteiger partial charge in [-0.1, -0.05) is 13.8 Å². The Bertz CT molecular complexity index is 184. The van der Waals surface area contributed by atoms with Gasteiger partial charge in [0.25, 0.3) is 0 Å². The smallest absolute Gasteiger partial charge is 0.0881 e. The third-order valence-electron chi connectivity index (χ3n) is 3.17. The molecule has 8 nitrogen and oxygen atoms in total. The Hall–Kier alpha value is -0.320. The van der Waals surface area contributed by atoms with Gasteiger partial charge in [-0.2, -0.15) is 0 Å². The Morgan fingerprint density at radius 2 is 0.810 bits per heavy atom. The molecule has 0 aliphatic rings. The molecule has 0 amide bonds. The van der Waals surface area contributed by atoms with Gasteiger partial charge < -0.3 is 41.3 Å². The highest BCUT2D eigenvalue weighted by Crippen LogP contribution is 2.03. The average Bonchev–Trinajstić information content (AvgIpc) is 2.57. The van der Waals surface area contributed by atoms with Crippen molar-refractivity contribution < 1.29 is 30.6 Å². The van der Waals surface area contributed by atoms with Crippen molar-refractivity contribution in [1.29, 1.82) is 0 Å². The number of aliphatic hydroxyl groups excluding tert-OH is 6. The van der Waals surface area contributed by atoms with E-state index < -0.39 is 11.1 Å². The number of aliphatic hydroxyl groups is 6. The molecule has 0 unspecified atom stereocenters. The van der Waals surface area contributed by atoms with E-state index >= 15 is 0 Å². The van der Waals surface area contributed by atoms with E-state index in [2.05, 4.69) is 10.6 Å². The lowest BCUT2D eigenvalue weighted by Gasteiger charge is -2.30. The fraction of sp³-hybridized carbons (Fsp3) is 1.00. The van der Waals surface area contributed by atoms with Crippen molar-refractivity contribution in [2.45, 2.75) is 31.3 Å². The molecule has 8 heteroatoms. The van der Waals surface area contributed by atoms with E-state index in [-0.39, 0.29) is 39.6 Å². The number of nitrogens with one attached hydrogen (secondary N) is 2. The summed E-state index contributed by atoms with van der Waals surface area (Å²) >= 11 is 0. The highest BCUT2D eigenvalue weighted by atomic mass is 16.3. The van der Waals surface area contributed by atoms with Gasteiger partial charge in [-0.15, -0.1) is 0 Å². The van der Waals surface area contributed by atoms with E-state index in [1.807, 2.05) is 13.8 Å². The summed E-state index contributed by atoms with van der Waals surface area (Å²) in [4.78, 5) is 0. The Kier molecular flexibility index (Phi) is 14.6. The molecule has 0 aromatic heterocycles. The first kappa shape index (κ1) is 23.0. The van der Waals surface area contributed by atoms with E-state index in [4.69, 9.17) is 30.6 Å². The first-order valence-corrected chi connectivity index (χ1v) is 7.23. The highest BCUT2D eigenvalue weighted by Gasteiger charge is 2.28. The first-order chi connectivity index (χ1) is 10.1. The zero-order valence-electron chi connectivity index (χ0n) is 13.0. The van der Waals surface area contributed by atoms with Crippen LogP contribution in [-0.2, 0) is 0 Å². The van der Waals surface area contributed by atoms with Crippen molar-refractivity contribution >= 4 is 0 Å². The van der Waals surface area contributed by atoms with Gasteiger partial charge in [-0.25, -0.2) is 0 Å². The lowest BCUT2D eigenvalue weighted by molar-refractivity contribution is 0.0378. The summed E-state index contributed by atoms with van der Waals surface area (Å²) < 4.78 is 0. The zero-order chi connectivity index (χ0) is 16.8. The zero-order valence-corrected chi connectivity index (χ0v) is 13.0. The van der Waals surface area contributed by atoms with Gasteiger partial charge in [0.2, 0.25) is 0 Å². The first-order valence-electron chi connectivity index (χ1n) is 7.23. The van der Waals surface area contributed by atoms with Crippen LogP contribution in [0.4, 0.5) is 0 Å². The van der Waals surface area contributed by atoms with E-state index in [0.29, 0.717) is 19.5 Å². The van der Waals surface area contributed by atoms with E-state index in [0.717, 1.165) is 0 Å². The molecular formula is C13H32N2O6. The maximum absolute atomic E-state index is 9.08. The molecule has 0 heterocycles. The second kappa shape index (κ2) is 13.4. The van der Waals surface area contributed by atoms with E-state index in [1.165, 1.54) is 0 Å². The molecule has 0 saturated heterocycles. The summed E-state index contributed by atoms with van der Waals surface area (Å²) in [5, 5.41) is 60.2. The van der Waals surface area contributed by atoms with Crippen molar-refractivity contribution in [1.82, 2.24) is 10.6 Å². The van der Waals surface area contributed by atoms with Crippen LogP contribution in [-0.4, -0.2) is 94.4 Å². The minimum atomic E-state index is -1.11. The lowest BCUT2D eigenvalue weighted by atomic mass is 10.0. The molecule has 0 fully saturated rings. The Morgan fingerprint density at radius 3 is 1.00 bits per heavy atom. The predicted octanol–water partition coefficient (Wildman–Crippen LogP) is -2.99. The standard InChI is InChI=1S/C11H26N2O6.C2H6/c14-4-10(5-15,6-16)12-2-1-3-13-11(7-17,8-18)9-19;1-2/h12-19H,1-9H2;1-2H3. The molecule has 0 rings (SSSR count).